The molecule has 3 aromatic rings. The molecule has 31 heavy (non-hydrogen) atoms. The molecule has 0 radical (unpaired) electrons. The van der Waals surface area contributed by atoms with Gasteiger partial charge in [-0.2, -0.15) is 5.10 Å². The Morgan fingerprint density at radius 1 is 0.968 bits per heavy atom. The van der Waals surface area contributed by atoms with E-state index in [-0.39, 0.29) is 5.91 Å². The molecule has 0 aromatic heterocycles. The summed E-state index contributed by atoms with van der Waals surface area (Å²) in [7, 11) is 0. The molecule has 158 valence electrons. The zero-order valence-corrected chi connectivity index (χ0v) is 19.6. The Bertz CT molecular complexity index is 1110. The molecule has 6 nitrogen and oxygen atoms in total. The summed E-state index contributed by atoms with van der Waals surface area (Å²) in [5.74, 6) is 0.109. The number of carbonyl (C=O) groups excluding carboxylic acids is 2. The molecule has 0 spiro atoms. The molecule has 0 aliphatic carbocycles. The van der Waals surface area contributed by atoms with Crippen molar-refractivity contribution in [2.75, 3.05) is 6.61 Å². The number of nitrogens with one attached hydrogen (secondary N) is 1. The van der Waals surface area contributed by atoms with Crippen LogP contribution in [0.1, 0.15) is 33.2 Å². The van der Waals surface area contributed by atoms with Crippen molar-refractivity contribution >= 4 is 50.0 Å². The van der Waals surface area contributed by atoms with Crippen LogP contribution in [-0.2, 0) is 0 Å². The van der Waals surface area contributed by atoms with Gasteiger partial charge in [0.2, 0.25) is 0 Å². The fourth-order valence-corrected chi connectivity index (χ4v) is 3.36. The van der Waals surface area contributed by atoms with Gasteiger partial charge in [-0.05, 0) is 67.6 Å². The molecule has 0 aliphatic heterocycles. The highest BCUT2D eigenvalue weighted by molar-refractivity contribution is 9.10. The number of nitrogens with zero attached hydrogens (tertiary/aromatic N) is 1. The molecule has 1 amide bonds. The number of carbonyl (C=O) groups is 2. The monoisotopic (exact) mass is 544 g/mol. The van der Waals surface area contributed by atoms with Gasteiger partial charge in [0.1, 0.15) is 11.5 Å². The number of hydrazone groups is 1. The van der Waals surface area contributed by atoms with E-state index in [4.69, 9.17) is 9.47 Å². The van der Waals surface area contributed by atoms with Gasteiger partial charge in [-0.3, -0.25) is 4.79 Å². The van der Waals surface area contributed by atoms with Crippen LogP contribution in [-0.4, -0.2) is 24.7 Å². The molecule has 0 fully saturated rings. The van der Waals surface area contributed by atoms with Crippen molar-refractivity contribution in [3.05, 3.63) is 92.4 Å². The number of amides is 1. The Labute approximate surface area is 196 Å². The molecule has 0 atom stereocenters. The standard InChI is InChI=1S/C23H18Br2N2O4/c1-2-30-20-9-6-15(7-10-20)23(29)31-21-11-8-19(25)13-17(21)14-26-27-22(28)16-4-3-5-18(24)12-16/h3-14H,2H2,1H3,(H,27,28). The average Bonchev–Trinajstić information content (AvgIpc) is 2.76. The Morgan fingerprint density at radius 2 is 1.71 bits per heavy atom. The molecule has 0 saturated heterocycles. The van der Waals surface area contributed by atoms with Crippen LogP contribution < -0.4 is 14.9 Å². The van der Waals surface area contributed by atoms with Crippen LogP contribution in [0.15, 0.2) is 80.8 Å². The molecule has 1 N–H and O–H groups in total. The van der Waals surface area contributed by atoms with Gasteiger partial charge in [-0.15, -0.1) is 0 Å². The SMILES string of the molecule is CCOc1ccc(C(=O)Oc2ccc(Br)cc2C=NNC(=O)c2cccc(Br)c2)cc1. The Hall–Kier alpha value is -2.97. The second-order valence-corrected chi connectivity index (χ2v) is 8.07. The zero-order valence-electron chi connectivity index (χ0n) is 16.5. The largest absolute Gasteiger partial charge is 0.494 e. The van der Waals surface area contributed by atoms with Gasteiger partial charge < -0.3 is 9.47 Å². The molecular weight excluding hydrogens is 528 g/mol. The van der Waals surface area contributed by atoms with Gasteiger partial charge in [-0.25, -0.2) is 10.2 Å². The quantitative estimate of drug-likeness (QED) is 0.182. The van der Waals surface area contributed by atoms with Gasteiger partial charge >= 0.3 is 5.97 Å². The third-order valence-corrected chi connectivity index (χ3v) is 5.02. The lowest BCUT2D eigenvalue weighted by atomic mass is 10.2. The number of halogens is 2. The van der Waals surface area contributed by atoms with E-state index in [1.807, 2.05) is 13.0 Å². The van der Waals surface area contributed by atoms with Crippen molar-refractivity contribution in [2.45, 2.75) is 6.92 Å². The van der Waals surface area contributed by atoms with E-state index >= 15 is 0 Å². The molecule has 0 bridgehead atoms. The predicted molar refractivity (Wildman–Crippen MR) is 126 cm³/mol. The van der Waals surface area contributed by atoms with Crippen LogP contribution in [0.2, 0.25) is 0 Å². The lowest BCUT2D eigenvalue weighted by Gasteiger charge is -2.09. The minimum atomic E-state index is -0.516. The molecular formula is C23H18Br2N2O4. The van der Waals surface area contributed by atoms with Crippen LogP contribution in [0, 0.1) is 0 Å². The van der Waals surface area contributed by atoms with Gasteiger partial charge in [0.05, 0.1) is 18.4 Å². The van der Waals surface area contributed by atoms with E-state index < -0.39 is 5.97 Å². The molecule has 0 aliphatic rings. The number of rotatable bonds is 7. The number of esters is 1. The van der Waals surface area contributed by atoms with E-state index in [2.05, 4.69) is 42.4 Å². The van der Waals surface area contributed by atoms with Crippen molar-refractivity contribution in [1.29, 1.82) is 0 Å². The number of benzene rings is 3. The summed E-state index contributed by atoms with van der Waals surface area (Å²) in [6, 6.07) is 18.8. The van der Waals surface area contributed by atoms with Crippen molar-refractivity contribution in [1.82, 2.24) is 5.43 Å². The fourth-order valence-electron chi connectivity index (χ4n) is 2.58. The van der Waals surface area contributed by atoms with E-state index in [9.17, 15) is 9.59 Å². The van der Waals surface area contributed by atoms with Crippen molar-refractivity contribution in [3.63, 3.8) is 0 Å². The van der Waals surface area contributed by atoms with Crippen LogP contribution in [0.3, 0.4) is 0 Å². The minimum Gasteiger partial charge on any atom is -0.494 e. The highest BCUT2D eigenvalue weighted by atomic mass is 79.9. The topological polar surface area (TPSA) is 77.0 Å². The van der Waals surface area contributed by atoms with Crippen molar-refractivity contribution in [3.8, 4) is 11.5 Å². The highest BCUT2D eigenvalue weighted by Gasteiger charge is 2.12. The van der Waals surface area contributed by atoms with E-state index in [1.165, 1.54) is 6.21 Å². The third-order valence-electron chi connectivity index (χ3n) is 4.03. The van der Waals surface area contributed by atoms with Gasteiger partial charge in [-0.1, -0.05) is 37.9 Å². The summed E-state index contributed by atoms with van der Waals surface area (Å²) in [5, 5.41) is 3.99. The highest BCUT2D eigenvalue weighted by Crippen LogP contribution is 2.23. The summed E-state index contributed by atoms with van der Waals surface area (Å²) in [4.78, 5) is 24.8. The van der Waals surface area contributed by atoms with E-state index in [0.717, 1.165) is 8.95 Å². The second kappa shape index (κ2) is 10.9. The number of ether oxygens (including phenoxy) is 2. The normalized spacial score (nSPS) is 10.7. The molecule has 0 heterocycles. The third kappa shape index (κ3) is 6.50. The maximum Gasteiger partial charge on any atom is 0.343 e. The van der Waals surface area contributed by atoms with Gasteiger partial charge in [0.25, 0.3) is 5.91 Å². The van der Waals surface area contributed by atoms with Crippen LogP contribution in [0.5, 0.6) is 11.5 Å². The molecule has 8 heteroatoms. The minimum absolute atomic E-state index is 0.308. The maximum absolute atomic E-state index is 12.5. The maximum atomic E-state index is 12.5. The van der Waals surface area contributed by atoms with E-state index in [1.54, 1.807) is 60.7 Å². The summed E-state index contributed by atoms with van der Waals surface area (Å²) < 4.78 is 12.5. The van der Waals surface area contributed by atoms with E-state index in [0.29, 0.717) is 34.8 Å². The van der Waals surface area contributed by atoms with Gasteiger partial charge in [0.15, 0.2) is 0 Å². The lowest BCUT2D eigenvalue weighted by Crippen LogP contribution is -2.17. The summed E-state index contributed by atoms with van der Waals surface area (Å²) in [6.07, 6.45) is 1.42. The first-order chi connectivity index (χ1) is 15.0. The van der Waals surface area contributed by atoms with Crippen LogP contribution in [0.25, 0.3) is 0 Å². The number of hydrogen-bond acceptors (Lipinski definition) is 5. The summed E-state index contributed by atoms with van der Waals surface area (Å²) in [6.45, 7) is 2.43. The smallest absolute Gasteiger partial charge is 0.343 e. The summed E-state index contributed by atoms with van der Waals surface area (Å²) in [5.41, 5.74) is 3.83. The molecule has 0 unspecified atom stereocenters. The Morgan fingerprint density at radius 3 is 2.42 bits per heavy atom. The van der Waals surface area contributed by atoms with Crippen LogP contribution >= 0.6 is 31.9 Å². The Kier molecular flexibility index (Phi) is 7.97. The zero-order chi connectivity index (χ0) is 22.2. The predicted octanol–water partition coefficient (Wildman–Crippen LogP) is 5.59. The fraction of sp³-hybridized carbons (Fsp3) is 0.0870. The van der Waals surface area contributed by atoms with Crippen molar-refractivity contribution in [2.24, 2.45) is 5.10 Å². The molecule has 3 aromatic carbocycles. The lowest BCUT2D eigenvalue weighted by molar-refractivity contribution is 0.0734. The second-order valence-electron chi connectivity index (χ2n) is 6.24. The average molecular weight is 546 g/mol. The van der Waals surface area contributed by atoms with Crippen molar-refractivity contribution < 1.29 is 19.1 Å². The van der Waals surface area contributed by atoms with Gasteiger partial charge in [0, 0.05) is 20.1 Å². The first kappa shape index (κ1) is 22.7. The molecule has 3 rings (SSSR count). The van der Waals surface area contributed by atoms with Crippen LogP contribution in [0.4, 0.5) is 0 Å². The number of hydrogen-bond donors (Lipinski definition) is 1. The first-order valence-electron chi connectivity index (χ1n) is 9.30. The molecule has 0 saturated carbocycles. The first-order valence-corrected chi connectivity index (χ1v) is 10.9. The Balaban J connectivity index is 1.72. The summed E-state index contributed by atoms with van der Waals surface area (Å²) >= 11 is 6.71.